The molecule has 0 aromatic carbocycles. The molecule has 126 valence electrons. The van der Waals surface area contributed by atoms with Gasteiger partial charge in [0, 0.05) is 17.6 Å². The summed E-state index contributed by atoms with van der Waals surface area (Å²) in [5.74, 6) is -1.26. The minimum absolute atomic E-state index is 0.213. The van der Waals surface area contributed by atoms with Crippen LogP contribution in [-0.2, 0) is 20.9 Å². The Hall–Kier alpha value is -2.75. The highest BCUT2D eigenvalue weighted by Crippen LogP contribution is 2.16. The number of nitrogens with zero attached hydrogens (tertiary/aromatic N) is 3. The Labute approximate surface area is 139 Å². The molecule has 0 aliphatic carbocycles. The second-order valence-electron chi connectivity index (χ2n) is 5.75. The third-order valence-corrected chi connectivity index (χ3v) is 4.23. The van der Waals surface area contributed by atoms with Crippen LogP contribution in [0.15, 0.2) is 22.4 Å². The van der Waals surface area contributed by atoms with Crippen molar-refractivity contribution in [1.82, 2.24) is 19.6 Å². The summed E-state index contributed by atoms with van der Waals surface area (Å²) in [6.45, 7) is 2.39. The zero-order valence-corrected chi connectivity index (χ0v) is 13.8. The normalized spacial score (nSPS) is 16.5. The molecule has 1 aliphatic rings. The van der Waals surface area contributed by atoms with E-state index in [9.17, 15) is 19.2 Å². The number of urea groups is 1. The lowest BCUT2D eigenvalue weighted by molar-refractivity contribution is -0.148. The number of fused-ring (bicyclic) bond motifs is 1. The van der Waals surface area contributed by atoms with E-state index in [1.54, 1.807) is 25.4 Å². The standard InChI is InChI=1S/C14H14N4O5S/c1-14(2)11(21)18(12(22)16-14)6-10(20)23-7-8-5-9(19)17-3-4-24-13(17)15-8/h3-5H,6-7H2,1-2H3,(H,16,22). The lowest BCUT2D eigenvalue weighted by Gasteiger charge is -2.15. The first-order chi connectivity index (χ1) is 11.3. The number of carbonyl (C=O) groups excluding carboxylic acids is 3. The average Bonchev–Trinajstić information content (AvgIpc) is 3.04. The third-order valence-electron chi connectivity index (χ3n) is 3.47. The van der Waals surface area contributed by atoms with E-state index < -0.39 is 30.0 Å². The summed E-state index contributed by atoms with van der Waals surface area (Å²) in [6.07, 6.45) is 1.60. The summed E-state index contributed by atoms with van der Waals surface area (Å²) in [6, 6.07) is 0.627. The summed E-state index contributed by atoms with van der Waals surface area (Å²) >= 11 is 1.28. The lowest BCUT2D eigenvalue weighted by Crippen LogP contribution is -2.41. The van der Waals surface area contributed by atoms with E-state index in [0.29, 0.717) is 10.7 Å². The van der Waals surface area contributed by atoms with Crippen molar-refractivity contribution in [2.24, 2.45) is 0 Å². The predicted octanol–water partition coefficient (Wildman–Crippen LogP) is 0.130. The number of thiazole rings is 1. The summed E-state index contributed by atoms with van der Waals surface area (Å²) in [4.78, 5) is 52.9. The molecular weight excluding hydrogens is 336 g/mol. The number of ether oxygens (including phenoxy) is 1. The SMILES string of the molecule is CC1(C)NC(=O)N(CC(=O)OCc2cc(=O)n3ccsc3n2)C1=O. The smallest absolute Gasteiger partial charge is 0.326 e. The van der Waals surface area contributed by atoms with Crippen molar-refractivity contribution in [2.45, 2.75) is 26.0 Å². The molecule has 9 nitrogen and oxygen atoms in total. The third kappa shape index (κ3) is 2.87. The molecule has 0 spiro atoms. The number of esters is 1. The maximum Gasteiger partial charge on any atom is 0.326 e. The zero-order chi connectivity index (χ0) is 17.5. The molecule has 2 aromatic rings. The van der Waals surface area contributed by atoms with Crippen LogP contribution in [0.3, 0.4) is 0 Å². The van der Waals surface area contributed by atoms with Crippen LogP contribution in [0.5, 0.6) is 0 Å². The molecular formula is C14H14N4O5S. The van der Waals surface area contributed by atoms with Gasteiger partial charge in [-0.25, -0.2) is 9.78 Å². The molecule has 2 aromatic heterocycles. The zero-order valence-electron chi connectivity index (χ0n) is 12.9. The van der Waals surface area contributed by atoms with Crippen molar-refractivity contribution in [3.05, 3.63) is 33.7 Å². The molecule has 1 fully saturated rings. The van der Waals surface area contributed by atoms with Gasteiger partial charge in [-0.05, 0) is 13.8 Å². The van der Waals surface area contributed by atoms with Crippen LogP contribution in [-0.4, -0.2) is 44.3 Å². The molecule has 0 atom stereocenters. The average molecular weight is 350 g/mol. The van der Waals surface area contributed by atoms with E-state index in [2.05, 4.69) is 10.3 Å². The fraction of sp³-hybridized carbons (Fsp3) is 0.357. The molecule has 1 saturated heterocycles. The van der Waals surface area contributed by atoms with E-state index in [-0.39, 0.29) is 12.2 Å². The number of imide groups is 1. The quantitative estimate of drug-likeness (QED) is 0.620. The summed E-state index contributed by atoms with van der Waals surface area (Å²) < 4.78 is 6.40. The first-order valence-corrected chi connectivity index (χ1v) is 7.91. The van der Waals surface area contributed by atoms with Crippen LogP contribution in [0.1, 0.15) is 19.5 Å². The number of nitrogens with one attached hydrogen (secondary N) is 1. The first kappa shape index (κ1) is 16.1. The number of amides is 3. The monoisotopic (exact) mass is 350 g/mol. The highest BCUT2D eigenvalue weighted by atomic mass is 32.1. The Balaban J connectivity index is 1.64. The molecule has 0 radical (unpaired) electrons. The van der Waals surface area contributed by atoms with Crippen LogP contribution >= 0.6 is 11.3 Å². The second kappa shape index (κ2) is 5.71. The van der Waals surface area contributed by atoms with E-state index in [4.69, 9.17) is 4.74 Å². The van der Waals surface area contributed by atoms with Crippen molar-refractivity contribution in [1.29, 1.82) is 0 Å². The Kier molecular flexibility index (Phi) is 3.84. The molecule has 1 N–H and O–H groups in total. The molecule has 3 rings (SSSR count). The van der Waals surface area contributed by atoms with Crippen molar-refractivity contribution >= 4 is 34.2 Å². The van der Waals surface area contributed by atoms with Gasteiger partial charge in [-0.3, -0.25) is 23.7 Å². The minimum atomic E-state index is -1.04. The minimum Gasteiger partial charge on any atom is -0.458 e. The van der Waals surface area contributed by atoms with Crippen LogP contribution < -0.4 is 10.9 Å². The van der Waals surface area contributed by atoms with Gasteiger partial charge < -0.3 is 10.1 Å². The number of rotatable bonds is 4. The van der Waals surface area contributed by atoms with E-state index >= 15 is 0 Å². The van der Waals surface area contributed by atoms with Gasteiger partial charge in [-0.2, -0.15) is 0 Å². The fourth-order valence-corrected chi connectivity index (χ4v) is 2.99. The number of hydrogen-bond donors (Lipinski definition) is 1. The fourth-order valence-electron chi connectivity index (χ4n) is 2.25. The number of carbonyl (C=O) groups is 3. The van der Waals surface area contributed by atoms with Crippen LogP contribution in [0.4, 0.5) is 4.79 Å². The van der Waals surface area contributed by atoms with Crippen molar-refractivity contribution in [3.8, 4) is 0 Å². The summed E-state index contributed by atoms with van der Waals surface area (Å²) in [5, 5.41) is 4.19. The highest BCUT2D eigenvalue weighted by molar-refractivity contribution is 7.15. The maximum atomic E-state index is 12.0. The first-order valence-electron chi connectivity index (χ1n) is 7.03. The molecule has 24 heavy (non-hydrogen) atoms. The molecule has 0 bridgehead atoms. The summed E-state index contributed by atoms with van der Waals surface area (Å²) in [5.41, 5.74) is -1.02. The van der Waals surface area contributed by atoms with Gasteiger partial charge in [-0.15, -0.1) is 11.3 Å². The number of hydrogen-bond acceptors (Lipinski definition) is 7. The molecule has 0 unspecified atom stereocenters. The van der Waals surface area contributed by atoms with E-state index in [1.165, 1.54) is 21.8 Å². The second-order valence-corrected chi connectivity index (χ2v) is 6.62. The Morgan fingerprint density at radius 3 is 2.79 bits per heavy atom. The largest absolute Gasteiger partial charge is 0.458 e. The van der Waals surface area contributed by atoms with Gasteiger partial charge >= 0.3 is 12.0 Å². The maximum absolute atomic E-state index is 12.0. The van der Waals surface area contributed by atoms with Gasteiger partial charge in [-0.1, -0.05) is 0 Å². The van der Waals surface area contributed by atoms with Gasteiger partial charge in [0.15, 0.2) is 4.96 Å². The molecule has 1 aliphatic heterocycles. The molecule has 3 heterocycles. The Morgan fingerprint density at radius 2 is 2.12 bits per heavy atom. The molecule has 3 amide bonds. The Bertz CT molecular complexity index is 900. The van der Waals surface area contributed by atoms with Gasteiger partial charge in [0.1, 0.15) is 18.7 Å². The molecule has 10 heteroatoms. The van der Waals surface area contributed by atoms with Crippen molar-refractivity contribution in [2.75, 3.05) is 6.54 Å². The lowest BCUT2D eigenvalue weighted by atomic mass is 10.1. The number of aromatic nitrogens is 2. The van der Waals surface area contributed by atoms with E-state index in [0.717, 1.165) is 4.90 Å². The van der Waals surface area contributed by atoms with Crippen LogP contribution in [0, 0.1) is 0 Å². The highest BCUT2D eigenvalue weighted by Gasteiger charge is 2.45. The van der Waals surface area contributed by atoms with Crippen molar-refractivity contribution in [3.63, 3.8) is 0 Å². The van der Waals surface area contributed by atoms with E-state index in [1.807, 2.05) is 0 Å². The van der Waals surface area contributed by atoms with Crippen molar-refractivity contribution < 1.29 is 19.1 Å². The topological polar surface area (TPSA) is 110 Å². The predicted molar refractivity (Wildman–Crippen MR) is 83.5 cm³/mol. The van der Waals surface area contributed by atoms with Crippen LogP contribution in [0.2, 0.25) is 0 Å². The van der Waals surface area contributed by atoms with Crippen LogP contribution in [0.25, 0.3) is 4.96 Å². The Morgan fingerprint density at radius 1 is 1.38 bits per heavy atom. The molecule has 0 saturated carbocycles. The summed E-state index contributed by atoms with van der Waals surface area (Å²) in [7, 11) is 0. The van der Waals surface area contributed by atoms with Gasteiger partial charge in [0.05, 0.1) is 5.69 Å². The van der Waals surface area contributed by atoms with Gasteiger partial charge in [0.25, 0.3) is 11.5 Å². The van der Waals surface area contributed by atoms with Gasteiger partial charge in [0.2, 0.25) is 0 Å².